The minimum Gasteiger partial charge on any atom is -0.384 e. The Morgan fingerprint density at radius 3 is 2.64 bits per heavy atom. The SMILES string of the molecule is CC1=Nc2ccccc2/C1=C\c1c(N)n2c(-c3ccccc3)csc2nc1=O. The molecule has 4 aromatic rings. The summed E-state index contributed by atoms with van der Waals surface area (Å²) in [5.41, 5.74) is 12.1. The van der Waals surface area contributed by atoms with Crippen LogP contribution >= 0.6 is 11.3 Å². The van der Waals surface area contributed by atoms with Gasteiger partial charge in [0.05, 0.1) is 16.9 Å². The van der Waals surface area contributed by atoms with Crippen LogP contribution in [0.2, 0.25) is 0 Å². The van der Waals surface area contributed by atoms with Crippen LogP contribution in [-0.4, -0.2) is 15.1 Å². The van der Waals surface area contributed by atoms with Gasteiger partial charge in [0.2, 0.25) is 0 Å². The fourth-order valence-corrected chi connectivity index (χ4v) is 4.40. The van der Waals surface area contributed by atoms with E-state index in [1.807, 2.05) is 77.4 Å². The summed E-state index contributed by atoms with van der Waals surface area (Å²) in [5.74, 6) is 0.389. The molecule has 0 fully saturated rings. The van der Waals surface area contributed by atoms with E-state index in [0.29, 0.717) is 16.3 Å². The first-order chi connectivity index (χ1) is 13.6. The number of thiazole rings is 1. The molecule has 3 heterocycles. The van der Waals surface area contributed by atoms with Gasteiger partial charge in [-0.1, -0.05) is 48.5 Å². The summed E-state index contributed by atoms with van der Waals surface area (Å²) >= 11 is 1.41. The second kappa shape index (κ2) is 6.28. The summed E-state index contributed by atoms with van der Waals surface area (Å²) in [4.78, 5) is 22.2. The predicted molar refractivity (Wildman–Crippen MR) is 116 cm³/mol. The molecule has 6 heteroatoms. The zero-order valence-electron chi connectivity index (χ0n) is 15.1. The van der Waals surface area contributed by atoms with Crippen LogP contribution in [0.15, 0.2) is 69.8 Å². The summed E-state index contributed by atoms with van der Waals surface area (Å²) in [6.07, 6.45) is 1.81. The number of benzene rings is 2. The van der Waals surface area contributed by atoms with Gasteiger partial charge in [0, 0.05) is 22.2 Å². The number of aliphatic imine (C=N–C) groups is 1. The van der Waals surface area contributed by atoms with E-state index in [1.165, 1.54) is 11.3 Å². The summed E-state index contributed by atoms with van der Waals surface area (Å²) in [6, 6.07) is 17.8. The first-order valence-corrected chi connectivity index (χ1v) is 9.73. The van der Waals surface area contributed by atoms with Crippen LogP contribution < -0.4 is 11.3 Å². The summed E-state index contributed by atoms with van der Waals surface area (Å²) in [5, 5.41) is 1.97. The van der Waals surface area contributed by atoms with E-state index in [-0.39, 0.29) is 5.56 Å². The molecule has 0 bridgehead atoms. The van der Waals surface area contributed by atoms with Gasteiger partial charge in [0.25, 0.3) is 5.56 Å². The monoisotopic (exact) mass is 384 g/mol. The number of rotatable bonds is 2. The number of para-hydroxylation sites is 1. The topological polar surface area (TPSA) is 72.8 Å². The largest absolute Gasteiger partial charge is 0.384 e. The first kappa shape index (κ1) is 16.6. The first-order valence-electron chi connectivity index (χ1n) is 8.85. The molecule has 2 aromatic carbocycles. The van der Waals surface area contributed by atoms with Crippen molar-refractivity contribution in [3.05, 3.63) is 81.5 Å². The predicted octanol–water partition coefficient (Wildman–Crippen LogP) is 4.65. The molecular formula is C22H16N4OS. The van der Waals surface area contributed by atoms with Gasteiger partial charge in [-0.15, -0.1) is 11.3 Å². The van der Waals surface area contributed by atoms with E-state index in [9.17, 15) is 4.79 Å². The molecule has 2 aromatic heterocycles. The Kier molecular flexibility index (Phi) is 3.74. The van der Waals surface area contributed by atoms with E-state index in [1.54, 1.807) is 0 Å². The normalized spacial score (nSPS) is 14.5. The molecule has 1 aliphatic rings. The van der Waals surface area contributed by atoms with Crippen molar-refractivity contribution in [1.82, 2.24) is 9.38 Å². The number of hydrogen-bond donors (Lipinski definition) is 1. The quantitative estimate of drug-likeness (QED) is 0.547. The smallest absolute Gasteiger partial charge is 0.283 e. The lowest BCUT2D eigenvalue weighted by Crippen LogP contribution is -2.16. The second-order valence-corrected chi connectivity index (χ2v) is 7.43. The fraction of sp³-hybridized carbons (Fsp3) is 0.0455. The van der Waals surface area contributed by atoms with Gasteiger partial charge >= 0.3 is 0 Å². The van der Waals surface area contributed by atoms with Gasteiger partial charge in [-0.25, -0.2) is 0 Å². The number of nitrogens with zero attached hydrogens (tertiary/aromatic N) is 3. The zero-order valence-corrected chi connectivity index (χ0v) is 15.9. The highest BCUT2D eigenvalue weighted by atomic mass is 32.1. The Morgan fingerprint density at radius 2 is 1.82 bits per heavy atom. The van der Waals surface area contributed by atoms with Crippen LogP contribution in [0.3, 0.4) is 0 Å². The fourth-order valence-electron chi connectivity index (χ4n) is 3.51. The molecule has 0 spiro atoms. The molecule has 0 aliphatic carbocycles. The highest BCUT2D eigenvalue weighted by molar-refractivity contribution is 7.15. The third-order valence-electron chi connectivity index (χ3n) is 4.88. The van der Waals surface area contributed by atoms with Crippen molar-refractivity contribution < 1.29 is 0 Å². The summed E-state index contributed by atoms with van der Waals surface area (Å²) in [7, 11) is 0. The lowest BCUT2D eigenvalue weighted by molar-refractivity contribution is 1.12. The molecule has 0 radical (unpaired) electrons. The molecule has 0 saturated heterocycles. The van der Waals surface area contributed by atoms with Crippen LogP contribution in [0.25, 0.3) is 27.9 Å². The molecule has 28 heavy (non-hydrogen) atoms. The third kappa shape index (κ3) is 2.50. The Morgan fingerprint density at radius 1 is 1.07 bits per heavy atom. The van der Waals surface area contributed by atoms with E-state index in [4.69, 9.17) is 5.73 Å². The number of anilines is 1. The van der Waals surface area contributed by atoms with Crippen molar-refractivity contribution >= 4 is 45.2 Å². The van der Waals surface area contributed by atoms with Crippen LogP contribution in [-0.2, 0) is 0 Å². The van der Waals surface area contributed by atoms with Crippen molar-refractivity contribution in [2.45, 2.75) is 6.92 Å². The number of nitrogens with two attached hydrogens (primary N) is 1. The van der Waals surface area contributed by atoms with E-state index >= 15 is 0 Å². The van der Waals surface area contributed by atoms with Gasteiger partial charge in [0.15, 0.2) is 4.96 Å². The van der Waals surface area contributed by atoms with E-state index in [0.717, 1.165) is 33.8 Å². The molecular weight excluding hydrogens is 368 g/mol. The molecule has 0 amide bonds. The van der Waals surface area contributed by atoms with Gasteiger partial charge in [-0.05, 0) is 24.6 Å². The van der Waals surface area contributed by atoms with Gasteiger partial charge < -0.3 is 5.73 Å². The molecule has 0 saturated carbocycles. The van der Waals surface area contributed by atoms with Crippen LogP contribution in [0.1, 0.15) is 18.1 Å². The lowest BCUT2D eigenvalue weighted by Gasteiger charge is -2.09. The Hall–Kier alpha value is -3.51. The molecule has 0 atom stereocenters. The number of allylic oxidation sites excluding steroid dienone is 1. The van der Waals surface area contributed by atoms with Crippen molar-refractivity contribution in [3.63, 3.8) is 0 Å². The minimum atomic E-state index is -0.330. The molecule has 2 N–H and O–H groups in total. The van der Waals surface area contributed by atoms with Crippen LogP contribution in [0, 0.1) is 0 Å². The average molecular weight is 384 g/mol. The Labute approximate surface area is 165 Å². The van der Waals surface area contributed by atoms with Crippen molar-refractivity contribution in [3.8, 4) is 11.3 Å². The second-order valence-electron chi connectivity index (χ2n) is 6.59. The van der Waals surface area contributed by atoms with Crippen molar-refractivity contribution in [2.24, 2.45) is 4.99 Å². The maximum Gasteiger partial charge on any atom is 0.283 e. The zero-order chi connectivity index (χ0) is 19.3. The Balaban J connectivity index is 1.76. The highest BCUT2D eigenvalue weighted by Crippen LogP contribution is 2.36. The third-order valence-corrected chi connectivity index (χ3v) is 5.71. The summed E-state index contributed by atoms with van der Waals surface area (Å²) in [6.45, 7) is 1.94. The molecule has 5 nitrogen and oxygen atoms in total. The number of fused-ring (bicyclic) bond motifs is 2. The van der Waals surface area contributed by atoms with Gasteiger partial charge in [-0.2, -0.15) is 4.98 Å². The van der Waals surface area contributed by atoms with Crippen molar-refractivity contribution in [2.75, 3.05) is 5.73 Å². The van der Waals surface area contributed by atoms with Gasteiger partial charge in [0.1, 0.15) is 5.82 Å². The maximum atomic E-state index is 12.7. The molecule has 0 unspecified atom stereocenters. The lowest BCUT2D eigenvalue weighted by atomic mass is 10.0. The van der Waals surface area contributed by atoms with Crippen molar-refractivity contribution in [1.29, 1.82) is 0 Å². The number of nitrogen functional groups attached to an aromatic ring is 1. The van der Waals surface area contributed by atoms with E-state index in [2.05, 4.69) is 9.98 Å². The minimum absolute atomic E-state index is 0.330. The number of aromatic nitrogens is 2. The molecule has 136 valence electrons. The van der Waals surface area contributed by atoms with E-state index < -0.39 is 0 Å². The highest BCUT2D eigenvalue weighted by Gasteiger charge is 2.20. The summed E-state index contributed by atoms with van der Waals surface area (Å²) < 4.78 is 1.85. The van der Waals surface area contributed by atoms with Gasteiger partial charge in [-0.3, -0.25) is 14.2 Å². The molecule has 5 rings (SSSR count). The van der Waals surface area contributed by atoms with Crippen LogP contribution in [0.4, 0.5) is 11.5 Å². The molecule has 1 aliphatic heterocycles. The maximum absolute atomic E-state index is 12.7. The van der Waals surface area contributed by atoms with Crippen LogP contribution in [0.5, 0.6) is 0 Å². The standard InChI is InChI=1S/C22H16N4OS/c1-13-16(15-9-5-6-10-18(15)24-13)11-17-20(23)26-19(14-7-3-2-4-8-14)12-28-22(26)25-21(17)27/h2-12H,23H2,1H3/b16-11-. The Bertz CT molecular complexity index is 1350. The number of hydrogen-bond acceptors (Lipinski definition) is 5. The average Bonchev–Trinajstić information content (AvgIpc) is 3.26.